The van der Waals surface area contributed by atoms with Crippen molar-refractivity contribution < 1.29 is 5.11 Å². The summed E-state index contributed by atoms with van der Waals surface area (Å²) < 4.78 is 0. The van der Waals surface area contributed by atoms with Crippen LogP contribution in [0.2, 0.25) is 0 Å². The van der Waals surface area contributed by atoms with Gasteiger partial charge >= 0.3 is 0 Å². The highest BCUT2D eigenvalue weighted by molar-refractivity contribution is 5.52. The second-order valence-corrected chi connectivity index (χ2v) is 3.81. The lowest BCUT2D eigenvalue weighted by Gasteiger charge is -2.19. The van der Waals surface area contributed by atoms with E-state index in [1.165, 1.54) is 5.56 Å². The third-order valence-electron chi connectivity index (χ3n) is 2.55. The van der Waals surface area contributed by atoms with E-state index in [4.69, 9.17) is 0 Å². The zero-order chi connectivity index (χ0) is 10.7. The number of aliphatic hydroxyl groups excluding tert-OH is 1. The summed E-state index contributed by atoms with van der Waals surface area (Å²) in [6.07, 6.45) is 6.34. The van der Waals surface area contributed by atoms with Crippen molar-refractivity contribution in [2.24, 2.45) is 0 Å². The summed E-state index contributed by atoms with van der Waals surface area (Å²) in [6.45, 7) is 2.07. The number of hydrogen-bond donors (Lipinski definition) is 2. The van der Waals surface area contributed by atoms with Crippen molar-refractivity contribution in [1.29, 1.82) is 0 Å². The zero-order valence-electron chi connectivity index (χ0n) is 8.77. The molecule has 1 aromatic carbocycles. The van der Waals surface area contributed by atoms with E-state index in [2.05, 4.69) is 30.4 Å². The van der Waals surface area contributed by atoms with Crippen LogP contribution in [0.3, 0.4) is 0 Å². The Kier molecular flexibility index (Phi) is 2.77. The lowest BCUT2D eigenvalue weighted by Crippen LogP contribution is -2.19. The summed E-state index contributed by atoms with van der Waals surface area (Å²) in [6, 6.07) is 8.35. The highest BCUT2D eigenvalue weighted by Crippen LogP contribution is 2.19. The van der Waals surface area contributed by atoms with E-state index in [0.29, 0.717) is 12.2 Å². The Morgan fingerprint density at radius 1 is 1.33 bits per heavy atom. The molecular formula is C13H15NO. The molecule has 1 aliphatic rings. The van der Waals surface area contributed by atoms with Crippen molar-refractivity contribution in [2.45, 2.75) is 19.4 Å². The molecule has 0 aliphatic heterocycles. The normalized spacial score (nSPS) is 19.8. The Balaban J connectivity index is 2.07. The number of anilines is 1. The number of nitrogens with one attached hydrogen (secondary N) is 1. The van der Waals surface area contributed by atoms with Gasteiger partial charge < -0.3 is 10.4 Å². The molecule has 15 heavy (non-hydrogen) atoms. The Bertz CT molecular complexity index is 407. The van der Waals surface area contributed by atoms with Gasteiger partial charge in [0.05, 0.1) is 11.8 Å². The van der Waals surface area contributed by atoms with Crippen molar-refractivity contribution in [1.82, 2.24) is 0 Å². The van der Waals surface area contributed by atoms with Crippen LogP contribution in [0.1, 0.15) is 12.0 Å². The topological polar surface area (TPSA) is 32.3 Å². The molecule has 0 bridgehead atoms. The van der Waals surface area contributed by atoms with Gasteiger partial charge in [-0.05, 0) is 24.6 Å². The van der Waals surface area contributed by atoms with Crippen LogP contribution in [0, 0.1) is 6.92 Å². The van der Waals surface area contributed by atoms with Crippen LogP contribution in [0.5, 0.6) is 0 Å². The predicted octanol–water partition coefficient (Wildman–Crippen LogP) is 3.18. The highest BCUT2D eigenvalue weighted by Gasteiger charge is 2.10. The van der Waals surface area contributed by atoms with Gasteiger partial charge in [0, 0.05) is 12.1 Å². The largest absolute Gasteiger partial charge is 0.512 e. The molecule has 1 aliphatic carbocycles. The van der Waals surface area contributed by atoms with Crippen LogP contribution in [0.4, 0.5) is 5.69 Å². The average Bonchev–Trinajstić information content (AvgIpc) is 2.22. The number of aliphatic hydroxyl groups is 1. The van der Waals surface area contributed by atoms with E-state index in [0.717, 1.165) is 5.69 Å². The fraction of sp³-hybridized carbons (Fsp3) is 0.231. The van der Waals surface area contributed by atoms with Gasteiger partial charge in [-0.2, -0.15) is 0 Å². The molecule has 0 fully saturated rings. The first kappa shape index (κ1) is 9.84. The number of allylic oxidation sites excluding steroid dienone is 2. The fourth-order valence-electron chi connectivity index (χ4n) is 1.70. The van der Waals surface area contributed by atoms with Gasteiger partial charge in [-0.15, -0.1) is 0 Å². The third kappa shape index (κ3) is 2.40. The van der Waals surface area contributed by atoms with Crippen LogP contribution >= 0.6 is 0 Å². The minimum atomic E-state index is 0.191. The summed E-state index contributed by atoms with van der Waals surface area (Å²) in [4.78, 5) is 0. The minimum Gasteiger partial charge on any atom is -0.512 e. The molecule has 0 radical (unpaired) electrons. The molecule has 1 aromatic rings. The van der Waals surface area contributed by atoms with Gasteiger partial charge in [0.2, 0.25) is 0 Å². The SMILES string of the molecule is Cc1ccccc1NC1C=CC=C(O)C1. The molecule has 0 amide bonds. The van der Waals surface area contributed by atoms with Gasteiger partial charge in [0.15, 0.2) is 0 Å². The average molecular weight is 201 g/mol. The molecule has 0 heterocycles. The predicted molar refractivity (Wildman–Crippen MR) is 63.1 cm³/mol. The Hall–Kier alpha value is -1.70. The van der Waals surface area contributed by atoms with Gasteiger partial charge in [-0.1, -0.05) is 30.4 Å². The Morgan fingerprint density at radius 2 is 2.13 bits per heavy atom. The first-order valence-electron chi connectivity index (χ1n) is 5.14. The second-order valence-electron chi connectivity index (χ2n) is 3.81. The highest BCUT2D eigenvalue weighted by atomic mass is 16.3. The lowest BCUT2D eigenvalue weighted by atomic mass is 10.1. The molecule has 0 spiro atoms. The summed E-state index contributed by atoms with van der Waals surface area (Å²) in [5, 5.41) is 12.8. The van der Waals surface area contributed by atoms with Crippen molar-refractivity contribution in [3.8, 4) is 0 Å². The maximum absolute atomic E-state index is 9.40. The van der Waals surface area contributed by atoms with Crippen molar-refractivity contribution in [3.05, 3.63) is 53.8 Å². The monoisotopic (exact) mass is 201 g/mol. The molecule has 2 N–H and O–H groups in total. The van der Waals surface area contributed by atoms with Crippen LogP contribution in [-0.4, -0.2) is 11.1 Å². The second kappa shape index (κ2) is 4.22. The zero-order valence-corrected chi connectivity index (χ0v) is 8.77. The Labute approximate surface area is 89.9 Å². The third-order valence-corrected chi connectivity index (χ3v) is 2.55. The van der Waals surface area contributed by atoms with E-state index in [1.807, 2.05) is 18.2 Å². The molecule has 2 heteroatoms. The van der Waals surface area contributed by atoms with Crippen LogP contribution < -0.4 is 5.32 Å². The van der Waals surface area contributed by atoms with E-state index in [-0.39, 0.29) is 6.04 Å². The molecule has 78 valence electrons. The van der Waals surface area contributed by atoms with E-state index in [1.54, 1.807) is 6.08 Å². The van der Waals surface area contributed by atoms with Gasteiger partial charge in [0.1, 0.15) is 0 Å². The smallest absolute Gasteiger partial charge is 0.0946 e. The molecule has 1 atom stereocenters. The van der Waals surface area contributed by atoms with E-state index < -0.39 is 0 Å². The number of hydrogen-bond acceptors (Lipinski definition) is 2. The number of rotatable bonds is 2. The van der Waals surface area contributed by atoms with Gasteiger partial charge in [-0.3, -0.25) is 0 Å². The molecule has 1 unspecified atom stereocenters. The van der Waals surface area contributed by atoms with E-state index in [9.17, 15) is 5.11 Å². The molecular weight excluding hydrogens is 186 g/mol. The quantitative estimate of drug-likeness (QED) is 0.770. The van der Waals surface area contributed by atoms with Crippen LogP contribution in [0.15, 0.2) is 48.3 Å². The molecule has 0 saturated carbocycles. The van der Waals surface area contributed by atoms with Crippen molar-refractivity contribution in [2.75, 3.05) is 5.32 Å². The van der Waals surface area contributed by atoms with Crippen LogP contribution in [-0.2, 0) is 0 Å². The number of benzene rings is 1. The van der Waals surface area contributed by atoms with Crippen molar-refractivity contribution in [3.63, 3.8) is 0 Å². The number of aryl methyl sites for hydroxylation is 1. The van der Waals surface area contributed by atoms with E-state index >= 15 is 0 Å². The summed E-state index contributed by atoms with van der Waals surface area (Å²) in [7, 11) is 0. The standard InChI is InChI=1S/C13H15NO/c1-10-5-2-3-8-13(10)14-11-6-4-7-12(15)9-11/h2-8,11,14-15H,9H2,1H3. The first-order chi connectivity index (χ1) is 7.25. The molecule has 0 aromatic heterocycles. The maximum atomic E-state index is 9.40. The lowest BCUT2D eigenvalue weighted by molar-refractivity contribution is 0.383. The summed E-state index contributed by atoms with van der Waals surface area (Å²) in [5.41, 5.74) is 2.35. The molecule has 2 nitrogen and oxygen atoms in total. The van der Waals surface area contributed by atoms with Gasteiger partial charge in [-0.25, -0.2) is 0 Å². The summed E-state index contributed by atoms with van der Waals surface area (Å²) in [5.74, 6) is 0.434. The first-order valence-corrected chi connectivity index (χ1v) is 5.14. The molecule has 2 rings (SSSR count). The van der Waals surface area contributed by atoms with Crippen LogP contribution in [0.25, 0.3) is 0 Å². The minimum absolute atomic E-state index is 0.191. The molecule has 0 saturated heterocycles. The number of para-hydroxylation sites is 1. The Morgan fingerprint density at radius 3 is 2.87 bits per heavy atom. The maximum Gasteiger partial charge on any atom is 0.0946 e. The van der Waals surface area contributed by atoms with Crippen molar-refractivity contribution >= 4 is 5.69 Å². The summed E-state index contributed by atoms with van der Waals surface area (Å²) >= 11 is 0. The fourth-order valence-corrected chi connectivity index (χ4v) is 1.70. The van der Waals surface area contributed by atoms with Gasteiger partial charge in [0.25, 0.3) is 0 Å².